The second kappa shape index (κ2) is 8.10. The molecule has 1 aromatic heterocycles. The lowest BCUT2D eigenvalue weighted by Gasteiger charge is -2.27. The van der Waals surface area contributed by atoms with E-state index in [0.717, 1.165) is 13.1 Å². The molecule has 2 rings (SSSR count). The fraction of sp³-hybridized carbons (Fsp3) is 0.467. The van der Waals surface area contributed by atoms with Crippen molar-refractivity contribution in [2.75, 3.05) is 47.4 Å². The van der Waals surface area contributed by atoms with Gasteiger partial charge in [0.25, 0.3) is 0 Å². The molecule has 23 heavy (non-hydrogen) atoms. The summed E-state index contributed by atoms with van der Waals surface area (Å²) < 4.78 is 7.23. The van der Waals surface area contributed by atoms with Crippen LogP contribution < -0.4 is 0 Å². The zero-order valence-electron chi connectivity index (χ0n) is 13.6. The predicted molar refractivity (Wildman–Crippen MR) is 84.7 cm³/mol. The summed E-state index contributed by atoms with van der Waals surface area (Å²) in [4.78, 5) is 11.4. The number of morpholine rings is 1. The van der Waals surface area contributed by atoms with Crippen LogP contribution in [0.4, 0.5) is 0 Å². The van der Waals surface area contributed by atoms with Crippen LogP contribution in [0.5, 0.6) is 0 Å². The first-order valence-electron chi connectivity index (χ1n) is 7.30. The van der Waals surface area contributed by atoms with E-state index in [1.807, 2.05) is 31.9 Å². The average Bonchev–Trinajstić information content (AvgIpc) is 2.59. The monoisotopic (exact) mass is 317 g/mol. The van der Waals surface area contributed by atoms with Crippen molar-refractivity contribution in [2.24, 2.45) is 5.16 Å². The maximum absolute atomic E-state index is 9.25. The SMILES string of the molecule is CN(C)/C(O/N=C(/C#N)c1ccccn1)=[N+](/C)N1CCOCC1. The number of oxime groups is 1. The molecule has 0 spiro atoms. The van der Waals surface area contributed by atoms with Gasteiger partial charge in [-0.25, -0.2) is 9.91 Å². The number of nitriles is 1. The Morgan fingerprint density at radius 1 is 1.43 bits per heavy atom. The number of hydrazine groups is 1. The van der Waals surface area contributed by atoms with E-state index < -0.39 is 0 Å². The van der Waals surface area contributed by atoms with E-state index in [1.165, 1.54) is 0 Å². The van der Waals surface area contributed by atoms with Crippen molar-refractivity contribution >= 4 is 11.7 Å². The third-order valence-corrected chi connectivity index (χ3v) is 3.30. The highest BCUT2D eigenvalue weighted by Crippen LogP contribution is 2.01. The van der Waals surface area contributed by atoms with Crippen LogP contribution in [0.1, 0.15) is 5.69 Å². The fourth-order valence-corrected chi connectivity index (χ4v) is 2.12. The Morgan fingerprint density at radius 3 is 2.74 bits per heavy atom. The van der Waals surface area contributed by atoms with Crippen LogP contribution in [0.3, 0.4) is 0 Å². The van der Waals surface area contributed by atoms with Crippen molar-refractivity contribution in [3.05, 3.63) is 30.1 Å². The molecule has 0 amide bonds. The van der Waals surface area contributed by atoms with Gasteiger partial charge in [0.1, 0.15) is 18.8 Å². The molecule has 2 heterocycles. The molecule has 0 bridgehead atoms. The number of hydrogen-bond donors (Lipinski definition) is 0. The Balaban J connectivity index is 2.22. The predicted octanol–water partition coefficient (Wildman–Crippen LogP) is 0.133. The molecule has 1 aromatic rings. The van der Waals surface area contributed by atoms with Gasteiger partial charge in [0.2, 0.25) is 5.71 Å². The molecule has 1 fully saturated rings. The molecular weight excluding hydrogens is 296 g/mol. The van der Waals surface area contributed by atoms with Crippen molar-refractivity contribution in [3.8, 4) is 6.07 Å². The number of nitrogens with zero attached hydrogens (tertiary/aromatic N) is 6. The summed E-state index contributed by atoms with van der Waals surface area (Å²) in [6.07, 6.45) is 1.61. The minimum absolute atomic E-state index is 0.125. The van der Waals surface area contributed by atoms with Gasteiger partial charge in [0.05, 0.1) is 40.4 Å². The molecule has 8 heteroatoms. The van der Waals surface area contributed by atoms with Crippen LogP contribution >= 0.6 is 0 Å². The third kappa shape index (κ3) is 4.40. The normalized spacial score (nSPS) is 16.4. The summed E-state index contributed by atoms with van der Waals surface area (Å²) in [5.74, 6) is 0. The van der Waals surface area contributed by atoms with E-state index in [4.69, 9.17) is 9.57 Å². The molecule has 8 nitrogen and oxygen atoms in total. The van der Waals surface area contributed by atoms with Crippen LogP contribution in [0.2, 0.25) is 0 Å². The number of hydrazone groups is 1. The van der Waals surface area contributed by atoms with Crippen LogP contribution in [0.25, 0.3) is 0 Å². The van der Waals surface area contributed by atoms with Crippen molar-refractivity contribution in [1.82, 2.24) is 14.9 Å². The van der Waals surface area contributed by atoms with Gasteiger partial charge in [-0.3, -0.25) is 9.82 Å². The molecule has 122 valence electrons. The van der Waals surface area contributed by atoms with Crippen LogP contribution in [0.15, 0.2) is 29.6 Å². The van der Waals surface area contributed by atoms with Crippen LogP contribution in [-0.2, 0) is 9.57 Å². The molecule has 0 unspecified atom stereocenters. The first-order chi connectivity index (χ1) is 11.1. The molecule has 1 aliphatic rings. The number of amidine groups is 1. The number of rotatable bonds is 3. The second-order valence-corrected chi connectivity index (χ2v) is 5.12. The highest BCUT2D eigenvalue weighted by atomic mass is 16.7. The number of aromatic nitrogens is 1. The van der Waals surface area contributed by atoms with Crippen molar-refractivity contribution in [3.63, 3.8) is 0 Å². The highest BCUT2D eigenvalue weighted by Gasteiger charge is 2.23. The molecule has 1 aliphatic heterocycles. The lowest BCUT2D eigenvalue weighted by Crippen LogP contribution is -2.47. The summed E-state index contributed by atoms with van der Waals surface area (Å²) in [6, 6.07) is 7.81. The second-order valence-electron chi connectivity index (χ2n) is 5.12. The van der Waals surface area contributed by atoms with E-state index in [0.29, 0.717) is 24.9 Å². The van der Waals surface area contributed by atoms with Gasteiger partial charge in [-0.2, -0.15) is 5.26 Å². The zero-order chi connectivity index (χ0) is 16.7. The fourth-order valence-electron chi connectivity index (χ4n) is 2.12. The number of pyridine rings is 1. The van der Waals surface area contributed by atoms with Gasteiger partial charge in [-0.15, -0.1) is 4.68 Å². The highest BCUT2D eigenvalue weighted by molar-refractivity contribution is 6.10. The molecule has 0 atom stereocenters. The van der Waals surface area contributed by atoms with Crippen LogP contribution in [0, 0.1) is 11.3 Å². The van der Waals surface area contributed by atoms with E-state index in [-0.39, 0.29) is 5.71 Å². The standard InChI is InChI=1S/C15H21N6O2/c1-19(2)15(20(3)21-8-10-22-11-9-21)23-18-14(12-16)13-6-4-5-7-17-13/h4-7H,8-11H2,1-3H3/q+1/b18-14-. The summed E-state index contributed by atoms with van der Waals surface area (Å²) >= 11 is 0. The third-order valence-electron chi connectivity index (χ3n) is 3.30. The summed E-state index contributed by atoms with van der Waals surface area (Å²) in [7, 11) is 5.60. The van der Waals surface area contributed by atoms with Crippen molar-refractivity contribution in [2.45, 2.75) is 0 Å². The van der Waals surface area contributed by atoms with Gasteiger partial charge in [0.15, 0.2) is 0 Å². The Morgan fingerprint density at radius 2 is 2.17 bits per heavy atom. The van der Waals surface area contributed by atoms with Gasteiger partial charge in [0, 0.05) is 6.20 Å². The summed E-state index contributed by atoms with van der Waals surface area (Å²) in [5, 5.41) is 15.3. The minimum atomic E-state index is 0.125. The lowest BCUT2D eigenvalue weighted by atomic mass is 10.2. The molecule has 0 saturated carbocycles. The largest absolute Gasteiger partial charge is 0.496 e. The Kier molecular flexibility index (Phi) is 5.88. The maximum Gasteiger partial charge on any atom is 0.496 e. The van der Waals surface area contributed by atoms with E-state index >= 15 is 0 Å². The van der Waals surface area contributed by atoms with E-state index in [9.17, 15) is 5.26 Å². The number of hydrogen-bond acceptors (Lipinski definition) is 6. The Hall–Kier alpha value is -2.66. The number of ether oxygens (including phenoxy) is 1. The van der Waals surface area contributed by atoms with Gasteiger partial charge in [-0.05, 0) is 12.1 Å². The molecular formula is C15H21N6O2+. The van der Waals surface area contributed by atoms with Crippen LogP contribution in [-0.4, -0.2) is 78.8 Å². The first-order valence-corrected chi connectivity index (χ1v) is 7.30. The molecule has 0 aromatic carbocycles. The van der Waals surface area contributed by atoms with Gasteiger partial charge in [-0.1, -0.05) is 11.2 Å². The van der Waals surface area contributed by atoms with Crippen molar-refractivity contribution in [1.29, 1.82) is 5.26 Å². The first kappa shape index (κ1) is 16.7. The molecule has 0 aliphatic carbocycles. The zero-order valence-corrected chi connectivity index (χ0v) is 13.6. The topological polar surface area (TPSA) is 77.0 Å². The smallest absolute Gasteiger partial charge is 0.377 e. The Bertz CT molecular complexity index is 615. The molecule has 1 saturated heterocycles. The lowest BCUT2D eigenvalue weighted by molar-refractivity contribution is -0.681. The van der Waals surface area contributed by atoms with Gasteiger partial charge >= 0.3 is 6.02 Å². The quantitative estimate of drug-likeness (QED) is 0.341. The van der Waals surface area contributed by atoms with Gasteiger partial charge < -0.3 is 4.74 Å². The maximum atomic E-state index is 9.25. The minimum Gasteiger partial charge on any atom is -0.377 e. The van der Waals surface area contributed by atoms with E-state index in [2.05, 4.69) is 15.1 Å². The van der Waals surface area contributed by atoms with Crippen molar-refractivity contribution < 1.29 is 14.3 Å². The van der Waals surface area contributed by atoms with E-state index in [1.54, 1.807) is 29.3 Å². The average molecular weight is 317 g/mol. The molecule has 0 N–H and O–H groups in total. The summed E-state index contributed by atoms with van der Waals surface area (Å²) in [6.45, 7) is 2.88. The molecule has 0 radical (unpaired) electrons. The summed E-state index contributed by atoms with van der Waals surface area (Å²) in [5.41, 5.74) is 0.599. The Labute approximate surface area is 135 Å².